The molecule has 32 heavy (non-hydrogen) atoms. The molecular weight excluding hydrogens is 454 g/mol. The fourth-order valence-electron chi connectivity index (χ4n) is 3.13. The van der Waals surface area contributed by atoms with Gasteiger partial charge in [0.1, 0.15) is 10.8 Å². The average molecular weight is 472 g/mol. The van der Waals surface area contributed by atoms with Crippen molar-refractivity contribution in [3.8, 4) is 0 Å². The van der Waals surface area contributed by atoms with Crippen LogP contribution < -0.4 is 4.90 Å². The summed E-state index contributed by atoms with van der Waals surface area (Å²) in [5.41, 5.74) is 1.09. The minimum atomic E-state index is -0.833. The maximum atomic E-state index is 12.9. The Bertz CT molecular complexity index is 1190. The first kappa shape index (κ1) is 23.1. The van der Waals surface area contributed by atoms with Crippen LogP contribution in [0.3, 0.4) is 0 Å². The number of benzene rings is 2. The van der Waals surface area contributed by atoms with Gasteiger partial charge in [-0.3, -0.25) is 19.3 Å². The van der Waals surface area contributed by atoms with Crippen molar-refractivity contribution >= 4 is 51.5 Å². The van der Waals surface area contributed by atoms with Crippen LogP contribution >= 0.6 is 22.9 Å². The summed E-state index contributed by atoms with van der Waals surface area (Å²) in [6.07, 6.45) is 0. The Hall–Kier alpha value is -3.56. The SMILES string of the molecule is CC(=O)O.Cc1nnc(N2C(=O)C(=O)/C(=C(\O)c3ccc(Cl)cc3)C2c2ccccc2)s1. The number of carboxylic acids is 1. The van der Waals surface area contributed by atoms with Crippen LogP contribution in [0.2, 0.25) is 5.02 Å². The molecule has 1 amide bonds. The van der Waals surface area contributed by atoms with Gasteiger partial charge in [-0.2, -0.15) is 0 Å². The Labute approximate surface area is 192 Å². The van der Waals surface area contributed by atoms with Crippen molar-refractivity contribution in [2.75, 3.05) is 4.90 Å². The summed E-state index contributed by atoms with van der Waals surface area (Å²) in [6.45, 7) is 2.85. The number of nitrogens with zero attached hydrogens (tertiary/aromatic N) is 3. The molecule has 2 N–H and O–H groups in total. The maximum absolute atomic E-state index is 12.9. The number of carbonyl (C=O) groups excluding carboxylic acids is 2. The van der Waals surface area contributed by atoms with Gasteiger partial charge in [-0.1, -0.05) is 53.3 Å². The number of halogens is 1. The lowest BCUT2D eigenvalue weighted by atomic mass is 9.95. The number of aliphatic hydroxyl groups is 1. The van der Waals surface area contributed by atoms with Gasteiger partial charge in [0.25, 0.3) is 11.8 Å². The molecule has 0 saturated carbocycles. The number of aromatic nitrogens is 2. The van der Waals surface area contributed by atoms with E-state index in [9.17, 15) is 14.7 Å². The van der Waals surface area contributed by atoms with E-state index in [0.29, 0.717) is 26.3 Å². The number of aliphatic hydroxyl groups excluding tert-OH is 1. The number of ketones is 1. The van der Waals surface area contributed by atoms with E-state index in [1.165, 1.54) is 16.2 Å². The highest BCUT2D eigenvalue weighted by molar-refractivity contribution is 7.15. The van der Waals surface area contributed by atoms with Gasteiger partial charge in [0.2, 0.25) is 5.13 Å². The van der Waals surface area contributed by atoms with Gasteiger partial charge in [-0.05, 0) is 36.8 Å². The molecule has 164 valence electrons. The molecule has 10 heteroatoms. The highest BCUT2D eigenvalue weighted by Gasteiger charge is 2.48. The fourth-order valence-corrected chi connectivity index (χ4v) is 3.97. The second kappa shape index (κ2) is 9.71. The highest BCUT2D eigenvalue weighted by Crippen LogP contribution is 2.42. The molecule has 1 fully saturated rings. The summed E-state index contributed by atoms with van der Waals surface area (Å²) in [7, 11) is 0. The topological polar surface area (TPSA) is 121 Å². The normalized spacial score (nSPS) is 17.1. The molecular formula is C22H18ClN3O5S. The summed E-state index contributed by atoms with van der Waals surface area (Å²) in [6, 6.07) is 14.7. The number of amides is 1. The van der Waals surface area contributed by atoms with E-state index in [4.69, 9.17) is 21.5 Å². The Morgan fingerprint density at radius 1 is 1.03 bits per heavy atom. The molecule has 3 aromatic rings. The van der Waals surface area contributed by atoms with E-state index >= 15 is 0 Å². The first-order valence-corrected chi connectivity index (χ1v) is 10.5. The van der Waals surface area contributed by atoms with Gasteiger partial charge >= 0.3 is 5.91 Å². The van der Waals surface area contributed by atoms with E-state index < -0.39 is 23.7 Å². The van der Waals surface area contributed by atoms with Crippen molar-refractivity contribution in [2.45, 2.75) is 19.9 Å². The third kappa shape index (κ3) is 4.84. The summed E-state index contributed by atoms with van der Waals surface area (Å²) in [5.74, 6) is -2.61. The maximum Gasteiger partial charge on any atom is 0.301 e. The molecule has 1 saturated heterocycles. The first-order chi connectivity index (χ1) is 15.2. The number of aryl methyl sites for hydroxylation is 1. The molecule has 1 unspecified atom stereocenters. The van der Waals surface area contributed by atoms with Crippen molar-refractivity contribution in [1.82, 2.24) is 10.2 Å². The minimum Gasteiger partial charge on any atom is -0.507 e. The molecule has 8 nitrogen and oxygen atoms in total. The number of rotatable bonds is 3. The molecule has 1 atom stereocenters. The lowest BCUT2D eigenvalue weighted by molar-refractivity contribution is -0.134. The Morgan fingerprint density at radius 3 is 2.16 bits per heavy atom. The number of Topliss-reactive ketones (excluding diaryl/α,β-unsaturated/α-hetero) is 1. The van der Waals surface area contributed by atoms with Gasteiger partial charge < -0.3 is 10.2 Å². The van der Waals surface area contributed by atoms with E-state index in [1.54, 1.807) is 43.3 Å². The van der Waals surface area contributed by atoms with Gasteiger partial charge in [0, 0.05) is 17.5 Å². The van der Waals surface area contributed by atoms with Crippen molar-refractivity contribution < 1.29 is 24.6 Å². The van der Waals surface area contributed by atoms with Crippen molar-refractivity contribution in [1.29, 1.82) is 0 Å². The van der Waals surface area contributed by atoms with Crippen LogP contribution in [0.5, 0.6) is 0 Å². The van der Waals surface area contributed by atoms with Crippen molar-refractivity contribution in [2.24, 2.45) is 0 Å². The smallest absolute Gasteiger partial charge is 0.301 e. The molecule has 1 aliphatic rings. The van der Waals surface area contributed by atoms with Gasteiger partial charge in [0.05, 0.1) is 11.6 Å². The zero-order valence-corrected chi connectivity index (χ0v) is 18.6. The number of hydrogen-bond acceptors (Lipinski definition) is 7. The fraction of sp³-hybridized carbons (Fsp3) is 0.136. The highest BCUT2D eigenvalue weighted by atomic mass is 35.5. The summed E-state index contributed by atoms with van der Waals surface area (Å²) in [5, 5.41) is 27.8. The van der Waals surface area contributed by atoms with Crippen molar-refractivity contribution in [3.05, 3.63) is 81.3 Å². The second-order valence-corrected chi connectivity index (χ2v) is 8.31. The van der Waals surface area contributed by atoms with Gasteiger partial charge in [0.15, 0.2) is 0 Å². The molecule has 0 bridgehead atoms. The van der Waals surface area contributed by atoms with E-state index in [0.717, 1.165) is 6.92 Å². The predicted octanol–water partition coefficient (Wildman–Crippen LogP) is 4.22. The molecule has 0 spiro atoms. The summed E-state index contributed by atoms with van der Waals surface area (Å²) >= 11 is 7.13. The number of carbonyl (C=O) groups is 3. The number of aliphatic carboxylic acids is 1. The Balaban J connectivity index is 0.000000668. The zero-order chi connectivity index (χ0) is 23.4. The molecule has 4 rings (SSSR count). The summed E-state index contributed by atoms with van der Waals surface area (Å²) < 4.78 is 0. The number of hydrogen-bond donors (Lipinski definition) is 2. The van der Waals surface area contributed by atoms with Gasteiger partial charge in [-0.15, -0.1) is 10.2 Å². The quantitative estimate of drug-likeness (QED) is 0.333. The second-order valence-electron chi connectivity index (χ2n) is 6.71. The summed E-state index contributed by atoms with van der Waals surface area (Å²) in [4.78, 5) is 36.0. The molecule has 0 aliphatic carbocycles. The molecule has 2 heterocycles. The molecule has 1 aliphatic heterocycles. The molecule has 1 aromatic heterocycles. The zero-order valence-electron chi connectivity index (χ0n) is 17.0. The van der Waals surface area contributed by atoms with Crippen LogP contribution in [-0.4, -0.2) is 38.1 Å². The van der Waals surface area contributed by atoms with Crippen LogP contribution in [0.1, 0.15) is 29.1 Å². The van der Waals surface area contributed by atoms with Crippen LogP contribution in [0.15, 0.2) is 60.2 Å². The average Bonchev–Trinajstić information content (AvgIpc) is 3.29. The van der Waals surface area contributed by atoms with Crippen LogP contribution in [0.4, 0.5) is 5.13 Å². The lowest BCUT2D eigenvalue weighted by Gasteiger charge is -2.22. The van der Waals surface area contributed by atoms with E-state index in [-0.39, 0.29) is 11.3 Å². The largest absolute Gasteiger partial charge is 0.507 e. The van der Waals surface area contributed by atoms with Crippen LogP contribution in [0.25, 0.3) is 5.76 Å². The number of anilines is 1. The third-order valence-electron chi connectivity index (χ3n) is 4.40. The van der Waals surface area contributed by atoms with Crippen molar-refractivity contribution in [3.63, 3.8) is 0 Å². The minimum absolute atomic E-state index is 0.00590. The third-order valence-corrected chi connectivity index (χ3v) is 5.49. The first-order valence-electron chi connectivity index (χ1n) is 9.32. The lowest BCUT2D eigenvalue weighted by Crippen LogP contribution is -2.29. The predicted molar refractivity (Wildman–Crippen MR) is 121 cm³/mol. The monoisotopic (exact) mass is 471 g/mol. The Morgan fingerprint density at radius 2 is 1.62 bits per heavy atom. The van der Waals surface area contributed by atoms with Crippen LogP contribution in [-0.2, 0) is 14.4 Å². The Kier molecular flexibility index (Phi) is 7.01. The number of carboxylic acid groups (broad SMARTS) is 1. The van der Waals surface area contributed by atoms with Crippen LogP contribution in [0, 0.1) is 6.92 Å². The molecule has 2 aromatic carbocycles. The molecule has 0 radical (unpaired) electrons. The standard InChI is InChI=1S/C20H14ClN3O3S.C2H4O2/c1-11-22-23-20(28-11)24-16(12-5-3-2-4-6-12)15(18(26)19(24)27)17(25)13-7-9-14(21)10-8-13;1-2(3)4/h2-10,16,25H,1H3;1H3,(H,3,4)/b17-15-;. The van der Waals surface area contributed by atoms with E-state index in [2.05, 4.69) is 10.2 Å². The van der Waals surface area contributed by atoms with E-state index in [1.807, 2.05) is 18.2 Å². The van der Waals surface area contributed by atoms with Gasteiger partial charge in [-0.25, -0.2) is 0 Å².